The monoisotopic (exact) mass is 208 g/mol. The lowest BCUT2D eigenvalue weighted by molar-refractivity contribution is -0.118. The molecule has 0 spiro atoms. The molecule has 0 aromatic heterocycles. The first-order valence-electron chi connectivity index (χ1n) is 5.13. The molecule has 0 N–H and O–H groups in total. The van der Waals surface area contributed by atoms with Crippen molar-refractivity contribution >= 4 is 5.78 Å². The number of Topliss-reactive ketones (excluding diaryl/α,β-unsaturated/α-hetero) is 1. The largest absolute Gasteiger partial charge is 0.300 e. The van der Waals surface area contributed by atoms with Gasteiger partial charge < -0.3 is 4.79 Å². The van der Waals surface area contributed by atoms with Gasteiger partial charge in [-0.3, -0.25) is 0 Å². The zero-order valence-corrected chi connectivity index (χ0v) is 9.51. The standard InChI is InChI=1S/C13H17FO/c1-10(15)8-13(2,3)9-11-6-4-5-7-12(11)14/h4-7H,8-9H2,1-3H3. The molecule has 0 heterocycles. The van der Waals surface area contributed by atoms with Gasteiger partial charge in [-0.25, -0.2) is 4.39 Å². The number of hydrogen-bond acceptors (Lipinski definition) is 1. The molecule has 0 fully saturated rings. The van der Waals surface area contributed by atoms with Crippen LogP contribution in [-0.2, 0) is 11.2 Å². The molecule has 2 heteroatoms. The van der Waals surface area contributed by atoms with E-state index in [0.717, 1.165) is 0 Å². The van der Waals surface area contributed by atoms with Gasteiger partial charge in [-0.05, 0) is 30.4 Å². The van der Waals surface area contributed by atoms with Crippen LogP contribution < -0.4 is 0 Å². The lowest BCUT2D eigenvalue weighted by Gasteiger charge is -2.23. The molecular weight excluding hydrogens is 191 g/mol. The van der Waals surface area contributed by atoms with Gasteiger partial charge in [0.2, 0.25) is 0 Å². The first-order valence-corrected chi connectivity index (χ1v) is 5.13. The minimum absolute atomic E-state index is 0.149. The predicted molar refractivity (Wildman–Crippen MR) is 59.2 cm³/mol. The Morgan fingerprint density at radius 3 is 2.47 bits per heavy atom. The van der Waals surface area contributed by atoms with Crippen LogP contribution in [0.2, 0.25) is 0 Å². The summed E-state index contributed by atoms with van der Waals surface area (Å²) < 4.78 is 13.4. The number of carbonyl (C=O) groups is 1. The Labute approximate surface area is 90.3 Å². The van der Waals surface area contributed by atoms with Crippen molar-refractivity contribution in [3.8, 4) is 0 Å². The highest BCUT2D eigenvalue weighted by Gasteiger charge is 2.21. The molecule has 1 aromatic rings. The third-order valence-electron chi connectivity index (χ3n) is 2.35. The van der Waals surface area contributed by atoms with E-state index in [2.05, 4.69) is 0 Å². The minimum Gasteiger partial charge on any atom is -0.300 e. The van der Waals surface area contributed by atoms with Crippen molar-refractivity contribution in [1.82, 2.24) is 0 Å². The van der Waals surface area contributed by atoms with Gasteiger partial charge in [0.15, 0.2) is 0 Å². The second-order valence-electron chi connectivity index (χ2n) is 4.81. The van der Waals surface area contributed by atoms with Crippen molar-refractivity contribution in [2.45, 2.75) is 33.6 Å². The number of benzene rings is 1. The van der Waals surface area contributed by atoms with E-state index in [1.54, 1.807) is 19.1 Å². The second kappa shape index (κ2) is 4.56. The molecule has 0 radical (unpaired) electrons. The predicted octanol–water partition coefficient (Wildman–Crippen LogP) is 3.37. The van der Waals surface area contributed by atoms with Crippen molar-refractivity contribution in [3.63, 3.8) is 0 Å². The molecule has 0 unspecified atom stereocenters. The van der Waals surface area contributed by atoms with Crippen LogP contribution in [-0.4, -0.2) is 5.78 Å². The molecule has 0 atom stereocenters. The Morgan fingerprint density at radius 2 is 1.93 bits per heavy atom. The van der Waals surface area contributed by atoms with Gasteiger partial charge in [0.05, 0.1) is 0 Å². The Bertz CT molecular complexity index is 355. The zero-order chi connectivity index (χ0) is 11.5. The van der Waals surface area contributed by atoms with Gasteiger partial charge in [-0.2, -0.15) is 0 Å². The highest BCUT2D eigenvalue weighted by Crippen LogP contribution is 2.27. The third kappa shape index (κ3) is 3.82. The molecule has 0 saturated carbocycles. The lowest BCUT2D eigenvalue weighted by Crippen LogP contribution is -2.19. The van der Waals surface area contributed by atoms with Crippen molar-refractivity contribution < 1.29 is 9.18 Å². The molecule has 15 heavy (non-hydrogen) atoms. The van der Waals surface area contributed by atoms with Gasteiger partial charge in [0.1, 0.15) is 11.6 Å². The summed E-state index contributed by atoms with van der Waals surface area (Å²) in [5.41, 5.74) is 0.511. The number of halogens is 1. The minimum atomic E-state index is -0.186. The van der Waals surface area contributed by atoms with Crippen molar-refractivity contribution in [2.75, 3.05) is 0 Å². The molecule has 1 rings (SSSR count). The number of rotatable bonds is 4. The maximum atomic E-state index is 13.4. The third-order valence-corrected chi connectivity index (χ3v) is 2.35. The molecular formula is C13H17FO. The smallest absolute Gasteiger partial charge is 0.130 e. The van der Waals surface area contributed by atoms with E-state index in [-0.39, 0.29) is 17.0 Å². The van der Waals surface area contributed by atoms with E-state index in [0.29, 0.717) is 18.4 Å². The maximum absolute atomic E-state index is 13.4. The number of carbonyl (C=O) groups excluding carboxylic acids is 1. The molecule has 82 valence electrons. The normalized spacial score (nSPS) is 11.5. The molecule has 1 aromatic carbocycles. The van der Waals surface area contributed by atoms with E-state index in [1.165, 1.54) is 6.07 Å². The fourth-order valence-electron chi connectivity index (χ4n) is 1.89. The summed E-state index contributed by atoms with van der Waals surface area (Å²) in [6, 6.07) is 6.73. The highest BCUT2D eigenvalue weighted by atomic mass is 19.1. The van der Waals surface area contributed by atoms with E-state index >= 15 is 0 Å². The van der Waals surface area contributed by atoms with Crippen LogP contribution in [0.15, 0.2) is 24.3 Å². The van der Waals surface area contributed by atoms with Crippen LogP contribution in [0.3, 0.4) is 0 Å². The van der Waals surface area contributed by atoms with Crippen molar-refractivity contribution in [3.05, 3.63) is 35.6 Å². The van der Waals surface area contributed by atoms with E-state index in [9.17, 15) is 9.18 Å². The van der Waals surface area contributed by atoms with Gasteiger partial charge in [-0.1, -0.05) is 32.0 Å². The topological polar surface area (TPSA) is 17.1 Å². The first kappa shape index (κ1) is 11.9. The summed E-state index contributed by atoms with van der Waals surface area (Å²) in [5, 5.41) is 0. The van der Waals surface area contributed by atoms with Crippen LogP contribution in [0.5, 0.6) is 0 Å². The summed E-state index contributed by atoms with van der Waals surface area (Å²) >= 11 is 0. The van der Waals surface area contributed by atoms with Crippen LogP contribution in [0.4, 0.5) is 4.39 Å². The molecule has 1 nitrogen and oxygen atoms in total. The van der Waals surface area contributed by atoms with Gasteiger partial charge >= 0.3 is 0 Å². The second-order valence-corrected chi connectivity index (χ2v) is 4.81. The molecule has 0 aliphatic heterocycles. The van der Waals surface area contributed by atoms with E-state index in [4.69, 9.17) is 0 Å². The van der Waals surface area contributed by atoms with Gasteiger partial charge in [0.25, 0.3) is 0 Å². The highest BCUT2D eigenvalue weighted by molar-refractivity contribution is 5.76. The van der Waals surface area contributed by atoms with Crippen LogP contribution in [0.1, 0.15) is 32.8 Å². The quantitative estimate of drug-likeness (QED) is 0.741. The van der Waals surface area contributed by atoms with Crippen LogP contribution in [0.25, 0.3) is 0 Å². The summed E-state index contributed by atoms with van der Waals surface area (Å²) in [7, 11) is 0. The average molecular weight is 208 g/mol. The number of hydrogen-bond donors (Lipinski definition) is 0. The fraction of sp³-hybridized carbons (Fsp3) is 0.462. The zero-order valence-electron chi connectivity index (χ0n) is 9.51. The Hall–Kier alpha value is -1.18. The van der Waals surface area contributed by atoms with Crippen molar-refractivity contribution in [1.29, 1.82) is 0 Å². The Balaban J connectivity index is 2.77. The van der Waals surface area contributed by atoms with Crippen molar-refractivity contribution in [2.24, 2.45) is 5.41 Å². The lowest BCUT2D eigenvalue weighted by atomic mass is 9.81. The molecule has 0 aliphatic rings. The maximum Gasteiger partial charge on any atom is 0.130 e. The summed E-state index contributed by atoms with van der Waals surface area (Å²) in [6.07, 6.45) is 1.08. The number of ketones is 1. The molecule has 0 aliphatic carbocycles. The fourth-order valence-corrected chi connectivity index (χ4v) is 1.89. The molecule has 0 bridgehead atoms. The van der Waals surface area contributed by atoms with E-state index in [1.807, 2.05) is 19.9 Å². The Kier molecular flexibility index (Phi) is 3.61. The Morgan fingerprint density at radius 1 is 1.33 bits per heavy atom. The molecule has 0 amide bonds. The molecule has 0 saturated heterocycles. The van der Waals surface area contributed by atoms with Crippen LogP contribution >= 0.6 is 0 Å². The van der Waals surface area contributed by atoms with E-state index < -0.39 is 0 Å². The average Bonchev–Trinajstić information content (AvgIpc) is 2.06. The SMILES string of the molecule is CC(=O)CC(C)(C)Cc1ccccc1F. The van der Waals surface area contributed by atoms with Gasteiger partial charge in [0, 0.05) is 6.42 Å². The van der Waals surface area contributed by atoms with Crippen LogP contribution in [0, 0.1) is 11.2 Å². The van der Waals surface area contributed by atoms with Gasteiger partial charge in [-0.15, -0.1) is 0 Å². The summed E-state index contributed by atoms with van der Waals surface area (Å²) in [4.78, 5) is 11.0. The summed E-state index contributed by atoms with van der Waals surface area (Å²) in [6.45, 7) is 5.55. The summed E-state index contributed by atoms with van der Waals surface area (Å²) in [5.74, 6) is -0.0366. The first-order chi connectivity index (χ1) is 6.91.